The molecule has 4 aromatic heterocycles. The Morgan fingerprint density at radius 1 is 1.11 bits per heavy atom. The Balaban J connectivity index is 1.35. The number of rotatable bonds is 8. The molecule has 0 N–H and O–H groups in total. The maximum Gasteiger partial charge on any atom is 0.227 e. The summed E-state index contributed by atoms with van der Waals surface area (Å²) in [5, 5.41) is 5.23. The van der Waals surface area contributed by atoms with Gasteiger partial charge < -0.3 is 9.30 Å². The second kappa shape index (κ2) is 9.55. The molecule has 9 nitrogen and oxygen atoms in total. The quantitative estimate of drug-likeness (QED) is 0.277. The van der Waals surface area contributed by atoms with Gasteiger partial charge in [0, 0.05) is 24.4 Å². The van der Waals surface area contributed by atoms with Gasteiger partial charge in [-0.05, 0) is 44.4 Å². The lowest BCUT2D eigenvalue weighted by molar-refractivity contribution is 0.397. The van der Waals surface area contributed by atoms with Crippen LogP contribution in [-0.4, -0.2) is 46.4 Å². The van der Waals surface area contributed by atoms with Crippen LogP contribution in [0.5, 0.6) is 5.88 Å². The van der Waals surface area contributed by atoms with Crippen LogP contribution < -0.4 is 4.74 Å². The van der Waals surface area contributed by atoms with E-state index in [9.17, 15) is 4.39 Å². The molecule has 0 amide bonds. The molecule has 0 atom stereocenters. The minimum atomic E-state index is -0.703. The fraction of sp³-hybridized carbons (Fsp3) is 0.333. The van der Waals surface area contributed by atoms with E-state index < -0.39 is 12.5 Å². The molecule has 0 saturated heterocycles. The first-order valence-corrected chi connectivity index (χ1v) is 12.5. The smallest absolute Gasteiger partial charge is 0.227 e. The molecule has 6 rings (SSSR count). The number of ether oxygens (including phenoxy) is 1. The van der Waals surface area contributed by atoms with Crippen molar-refractivity contribution in [2.45, 2.75) is 51.9 Å². The van der Waals surface area contributed by atoms with Gasteiger partial charge in [-0.1, -0.05) is 6.07 Å². The van der Waals surface area contributed by atoms with Crippen molar-refractivity contribution < 1.29 is 13.5 Å². The molecule has 0 bridgehead atoms. The summed E-state index contributed by atoms with van der Waals surface area (Å²) in [5.74, 6) is 1.21. The Labute approximate surface area is 217 Å². The van der Waals surface area contributed by atoms with Crippen LogP contribution in [0.4, 0.5) is 8.78 Å². The number of imidazole rings is 1. The van der Waals surface area contributed by atoms with Crippen LogP contribution in [-0.2, 0) is 13.2 Å². The molecule has 38 heavy (non-hydrogen) atoms. The predicted molar refractivity (Wildman–Crippen MR) is 137 cm³/mol. The molecule has 0 aliphatic heterocycles. The molecule has 1 aliphatic rings. The Bertz CT molecular complexity index is 1640. The van der Waals surface area contributed by atoms with E-state index in [1.165, 1.54) is 12.4 Å². The standard InChI is InChI=1S/C27H26F2N8O/c1-15(2)36-13-19(9-28)34-26(36)20-7-4-16(8-21(20)29)12-37-25-18(11-33-37)10-30-24(35-25)22-23(17-5-6-17)31-14-32-27(22)38-3/h4,7-8,10-11,13-15,17H,5-6,9,12H2,1-3H3. The van der Waals surface area contributed by atoms with Gasteiger partial charge >= 0.3 is 0 Å². The molecule has 0 unspecified atom stereocenters. The minimum absolute atomic E-state index is 0.00950. The molecule has 194 valence electrons. The van der Waals surface area contributed by atoms with Crippen molar-refractivity contribution in [3.8, 4) is 28.7 Å². The third-order valence-electron chi connectivity index (χ3n) is 6.68. The summed E-state index contributed by atoms with van der Waals surface area (Å²) >= 11 is 0. The molecular formula is C27H26F2N8O. The Kier molecular flexibility index (Phi) is 6.05. The van der Waals surface area contributed by atoms with Crippen molar-refractivity contribution in [3.63, 3.8) is 0 Å². The molecule has 5 aromatic rings. The second-order valence-corrected chi connectivity index (χ2v) is 9.70. The minimum Gasteiger partial charge on any atom is -0.480 e. The van der Waals surface area contributed by atoms with Crippen LogP contribution >= 0.6 is 0 Å². The van der Waals surface area contributed by atoms with Gasteiger partial charge in [-0.15, -0.1) is 0 Å². The highest BCUT2D eigenvalue weighted by atomic mass is 19.1. The van der Waals surface area contributed by atoms with E-state index in [1.54, 1.807) is 41.0 Å². The summed E-state index contributed by atoms with van der Waals surface area (Å²) < 4.78 is 37.5. The van der Waals surface area contributed by atoms with Crippen molar-refractivity contribution in [1.29, 1.82) is 0 Å². The molecule has 11 heteroatoms. The van der Waals surface area contributed by atoms with Gasteiger partial charge in [0.2, 0.25) is 5.88 Å². The van der Waals surface area contributed by atoms with Gasteiger partial charge in [0.05, 0.1) is 42.2 Å². The van der Waals surface area contributed by atoms with Crippen LogP contribution in [0.25, 0.3) is 33.8 Å². The number of fused-ring (bicyclic) bond motifs is 1. The summed E-state index contributed by atoms with van der Waals surface area (Å²) in [5.41, 5.74) is 3.48. The average Bonchev–Trinajstić information content (AvgIpc) is 3.56. The number of alkyl halides is 1. The van der Waals surface area contributed by atoms with E-state index in [2.05, 4.69) is 25.0 Å². The third-order valence-corrected chi connectivity index (χ3v) is 6.68. The van der Waals surface area contributed by atoms with Crippen molar-refractivity contribution in [1.82, 2.24) is 39.3 Å². The van der Waals surface area contributed by atoms with E-state index in [0.29, 0.717) is 52.3 Å². The van der Waals surface area contributed by atoms with Gasteiger partial charge in [-0.2, -0.15) is 5.10 Å². The van der Waals surface area contributed by atoms with Crippen molar-refractivity contribution in [3.05, 3.63) is 65.9 Å². The van der Waals surface area contributed by atoms with Crippen LogP contribution in [0.3, 0.4) is 0 Å². The van der Waals surface area contributed by atoms with E-state index in [1.807, 2.05) is 19.9 Å². The van der Waals surface area contributed by atoms with Gasteiger partial charge in [0.25, 0.3) is 0 Å². The molecule has 1 fully saturated rings. The topological polar surface area (TPSA) is 96.4 Å². The highest BCUT2D eigenvalue weighted by Crippen LogP contribution is 2.44. The number of methoxy groups -OCH3 is 1. The van der Waals surface area contributed by atoms with Crippen molar-refractivity contribution in [2.75, 3.05) is 7.11 Å². The first-order chi connectivity index (χ1) is 18.5. The average molecular weight is 517 g/mol. The van der Waals surface area contributed by atoms with E-state index in [0.717, 1.165) is 23.9 Å². The molecule has 4 heterocycles. The lowest BCUT2D eigenvalue weighted by Crippen LogP contribution is -2.06. The summed E-state index contributed by atoms with van der Waals surface area (Å²) in [6, 6.07) is 4.96. The van der Waals surface area contributed by atoms with Gasteiger partial charge in [0.15, 0.2) is 11.5 Å². The molecular weight excluding hydrogens is 490 g/mol. The SMILES string of the molecule is COc1ncnc(C2CC2)c1-c1ncc2cnn(Cc3ccc(-c4nc(CF)cn4C(C)C)c(F)c3)c2n1. The Hall–Kier alpha value is -4.28. The van der Waals surface area contributed by atoms with Crippen molar-refractivity contribution in [2.24, 2.45) is 0 Å². The fourth-order valence-electron chi connectivity index (χ4n) is 4.63. The fourth-order valence-corrected chi connectivity index (χ4v) is 4.63. The lowest BCUT2D eigenvalue weighted by Gasteiger charge is -2.13. The zero-order valence-electron chi connectivity index (χ0n) is 21.3. The Morgan fingerprint density at radius 3 is 2.66 bits per heavy atom. The number of hydrogen-bond donors (Lipinski definition) is 0. The lowest BCUT2D eigenvalue weighted by atomic mass is 10.1. The van der Waals surface area contributed by atoms with E-state index in [-0.39, 0.29) is 11.7 Å². The first-order valence-electron chi connectivity index (χ1n) is 12.5. The highest BCUT2D eigenvalue weighted by molar-refractivity contribution is 5.77. The molecule has 1 aliphatic carbocycles. The second-order valence-electron chi connectivity index (χ2n) is 9.70. The van der Waals surface area contributed by atoms with Crippen molar-refractivity contribution >= 4 is 11.0 Å². The van der Waals surface area contributed by atoms with E-state index >= 15 is 4.39 Å². The van der Waals surface area contributed by atoms with Gasteiger partial charge in [-0.25, -0.2) is 38.4 Å². The molecule has 1 aromatic carbocycles. The zero-order valence-corrected chi connectivity index (χ0v) is 21.3. The molecule has 1 saturated carbocycles. The predicted octanol–water partition coefficient (Wildman–Crippen LogP) is 5.27. The van der Waals surface area contributed by atoms with Crippen LogP contribution in [0.15, 0.2) is 43.1 Å². The molecule has 0 spiro atoms. The monoisotopic (exact) mass is 516 g/mol. The van der Waals surface area contributed by atoms with Crippen LogP contribution in [0.2, 0.25) is 0 Å². The third kappa shape index (κ3) is 4.27. The summed E-state index contributed by atoms with van der Waals surface area (Å²) in [6.07, 6.45) is 8.64. The first kappa shape index (κ1) is 24.1. The summed E-state index contributed by atoms with van der Waals surface area (Å²) in [7, 11) is 1.56. The van der Waals surface area contributed by atoms with E-state index in [4.69, 9.17) is 9.72 Å². The van der Waals surface area contributed by atoms with Gasteiger partial charge in [-0.3, -0.25) is 0 Å². The largest absolute Gasteiger partial charge is 0.480 e. The van der Waals surface area contributed by atoms with Crippen LogP contribution in [0, 0.1) is 5.82 Å². The number of halogens is 2. The normalized spacial score (nSPS) is 13.5. The number of hydrogen-bond acceptors (Lipinski definition) is 7. The zero-order chi connectivity index (χ0) is 26.4. The highest BCUT2D eigenvalue weighted by Gasteiger charge is 2.31. The maximum absolute atomic E-state index is 15.3. The number of benzene rings is 1. The summed E-state index contributed by atoms with van der Waals surface area (Å²) in [4.78, 5) is 22.4. The maximum atomic E-state index is 15.3. The van der Waals surface area contributed by atoms with Crippen LogP contribution in [0.1, 0.15) is 55.6 Å². The number of aromatic nitrogens is 8. The Morgan fingerprint density at radius 2 is 1.95 bits per heavy atom. The summed E-state index contributed by atoms with van der Waals surface area (Å²) in [6.45, 7) is 3.49. The van der Waals surface area contributed by atoms with Gasteiger partial charge in [0.1, 0.15) is 30.2 Å². The number of nitrogens with zero attached hydrogens (tertiary/aromatic N) is 8. The molecule has 0 radical (unpaired) electrons.